The van der Waals surface area contributed by atoms with Crippen molar-refractivity contribution in [2.75, 3.05) is 33.5 Å². The summed E-state index contributed by atoms with van der Waals surface area (Å²) < 4.78 is 61.8. The van der Waals surface area contributed by atoms with Gasteiger partial charge in [0.1, 0.15) is 11.5 Å². The van der Waals surface area contributed by atoms with Crippen LogP contribution < -0.4 is 9.47 Å². The Morgan fingerprint density at radius 3 is 2.44 bits per heavy atom. The second-order valence-corrected chi connectivity index (χ2v) is 9.52. The molecule has 0 spiro atoms. The molecule has 0 aliphatic carbocycles. The first-order valence-electron chi connectivity index (χ1n) is 11.7. The van der Waals surface area contributed by atoms with E-state index in [4.69, 9.17) is 18.9 Å². The predicted molar refractivity (Wildman–Crippen MR) is 134 cm³/mol. The number of carbonyl (C=O) groups excluding carboxylic acids is 1. The zero-order valence-electron chi connectivity index (χ0n) is 20.9. The lowest BCUT2D eigenvalue weighted by atomic mass is 9.96. The van der Waals surface area contributed by atoms with Gasteiger partial charge in [0.2, 0.25) is 0 Å². The number of methoxy groups -OCH3 is 1. The summed E-state index contributed by atoms with van der Waals surface area (Å²) in [5.41, 5.74) is 1.20. The van der Waals surface area contributed by atoms with E-state index in [0.29, 0.717) is 42.4 Å². The first-order valence-corrected chi connectivity index (χ1v) is 12.6. The minimum Gasteiger partial charge on any atom is -0.494 e. The number of ether oxygens (including phenoxy) is 4. The van der Waals surface area contributed by atoms with Gasteiger partial charge in [0.05, 0.1) is 18.8 Å². The molecule has 9 heteroatoms. The molecule has 36 heavy (non-hydrogen) atoms. The van der Waals surface area contributed by atoms with Gasteiger partial charge in [-0.25, -0.2) is 4.79 Å². The van der Waals surface area contributed by atoms with Crippen molar-refractivity contribution in [3.63, 3.8) is 0 Å². The maximum atomic E-state index is 13.2. The molecule has 0 aliphatic heterocycles. The molecule has 0 aliphatic rings. The summed E-state index contributed by atoms with van der Waals surface area (Å²) in [7, 11) is 1.63. The Bertz CT molecular complexity index is 1170. The van der Waals surface area contributed by atoms with E-state index in [-0.39, 0.29) is 12.5 Å². The Morgan fingerprint density at radius 2 is 1.78 bits per heavy atom. The van der Waals surface area contributed by atoms with E-state index in [0.717, 1.165) is 33.9 Å². The molecule has 1 heterocycles. The minimum atomic E-state index is -4.37. The molecular formula is C27H31F3O5S. The molecule has 0 fully saturated rings. The highest BCUT2D eigenvalue weighted by molar-refractivity contribution is 7.19. The van der Waals surface area contributed by atoms with Crippen LogP contribution in [0.15, 0.2) is 36.4 Å². The molecule has 2 aromatic carbocycles. The highest BCUT2D eigenvalue weighted by Gasteiger charge is 2.31. The molecule has 3 aromatic rings. The first kappa shape index (κ1) is 27.8. The van der Waals surface area contributed by atoms with E-state index in [2.05, 4.69) is 0 Å². The summed E-state index contributed by atoms with van der Waals surface area (Å²) in [6, 6.07) is 9.30. The third-order valence-corrected chi connectivity index (χ3v) is 7.29. The number of benzene rings is 2. The average molecular weight is 525 g/mol. The van der Waals surface area contributed by atoms with E-state index in [1.54, 1.807) is 32.2 Å². The van der Waals surface area contributed by atoms with Crippen molar-refractivity contribution in [2.24, 2.45) is 0 Å². The van der Waals surface area contributed by atoms with Crippen molar-refractivity contribution in [1.82, 2.24) is 0 Å². The van der Waals surface area contributed by atoms with Gasteiger partial charge >= 0.3 is 12.1 Å². The average Bonchev–Trinajstić information content (AvgIpc) is 3.16. The fraction of sp³-hybridized carbons (Fsp3) is 0.444. The largest absolute Gasteiger partial charge is 0.494 e. The third-order valence-electron chi connectivity index (χ3n) is 5.88. The van der Waals surface area contributed by atoms with Crippen LogP contribution in [0.5, 0.6) is 11.5 Å². The molecule has 0 amide bonds. The Labute approximate surface area is 213 Å². The van der Waals surface area contributed by atoms with Crippen LogP contribution in [0.2, 0.25) is 0 Å². The summed E-state index contributed by atoms with van der Waals surface area (Å²) in [6.07, 6.45) is -2.95. The normalized spacial score (nSPS) is 12.5. The van der Waals surface area contributed by atoms with Gasteiger partial charge in [0, 0.05) is 23.3 Å². The minimum absolute atomic E-state index is 0.0879. The van der Waals surface area contributed by atoms with Gasteiger partial charge in [0.15, 0.2) is 6.61 Å². The molecule has 0 N–H and O–H groups in total. The molecule has 196 valence electrons. The van der Waals surface area contributed by atoms with Crippen molar-refractivity contribution in [2.45, 2.75) is 45.7 Å². The van der Waals surface area contributed by atoms with Gasteiger partial charge in [-0.3, -0.25) is 0 Å². The van der Waals surface area contributed by atoms with Gasteiger partial charge in [0.25, 0.3) is 0 Å². The van der Waals surface area contributed by atoms with E-state index in [1.807, 2.05) is 19.9 Å². The van der Waals surface area contributed by atoms with Crippen molar-refractivity contribution < 1.29 is 36.9 Å². The molecule has 5 nitrogen and oxygen atoms in total. The summed E-state index contributed by atoms with van der Waals surface area (Å²) in [5.74, 6) is 0.910. The van der Waals surface area contributed by atoms with Gasteiger partial charge in [-0.15, -0.1) is 11.3 Å². The Hall–Kier alpha value is -2.78. The second-order valence-electron chi connectivity index (χ2n) is 8.44. The molecule has 1 unspecified atom stereocenters. The summed E-state index contributed by atoms with van der Waals surface area (Å²) in [5, 5.41) is 0.848. The molecule has 3 rings (SSSR count). The van der Waals surface area contributed by atoms with Gasteiger partial charge < -0.3 is 18.9 Å². The van der Waals surface area contributed by atoms with Crippen LogP contribution in [0, 0.1) is 13.8 Å². The van der Waals surface area contributed by atoms with Crippen LogP contribution in [0.25, 0.3) is 10.1 Å². The second kappa shape index (κ2) is 12.5. The van der Waals surface area contributed by atoms with Gasteiger partial charge in [-0.2, -0.15) is 13.2 Å². The third kappa shape index (κ3) is 7.13. The summed E-state index contributed by atoms with van der Waals surface area (Å²) in [4.78, 5) is 12.6. The number of thiophene rings is 1. The number of esters is 1. The van der Waals surface area contributed by atoms with E-state index >= 15 is 0 Å². The fourth-order valence-electron chi connectivity index (χ4n) is 4.01. The lowest BCUT2D eigenvalue weighted by molar-refractivity contribution is -0.145. The quantitative estimate of drug-likeness (QED) is 0.237. The standard InChI is InChI=1S/C27H31F3O5S/c1-5-33-25(31)16-35-23-9-7-21(14-17(23)2)34-13-11-19(10-12-32-4)26-18(3)22-8-6-20(27(28,29)30)15-24(22)36-26/h6-9,14-15,19H,5,10-13,16H2,1-4H3. The molecule has 0 saturated heterocycles. The van der Waals surface area contributed by atoms with Crippen molar-refractivity contribution in [1.29, 1.82) is 0 Å². The van der Waals surface area contributed by atoms with Crippen LogP contribution in [-0.4, -0.2) is 39.5 Å². The van der Waals surface area contributed by atoms with E-state index < -0.39 is 17.7 Å². The summed E-state index contributed by atoms with van der Waals surface area (Å²) >= 11 is 1.41. The van der Waals surface area contributed by atoms with Crippen molar-refractivity contribution >= 4 is 27.4 Å². The summed E-state index contributed by atoms with van der Waals surface area (Å²) in [6.45, 7) is 6.67. The monoisotopic (exact) mass is 524 g/mol. The van der Waals surface area contributed by atoms with Crippen molar-refractivity contribution in [3.8, 4) is 11.5 Å². The molecular weight excluding hydrogens is 493 g/mol. The predicted octanol–water partition coefficient (Wildman–Crippen LogP) is 7.07. The Morgan fingerprint density at radius 1 is 1.03 bits per heavy atom. The maximum absolute atomic E-state index is 13.2. The molecule has 0 bridgehead atoms. The number of hydrogen-bond acceptors (Lipinski definition) is 6. The lowest BCUT2D eigenvalue weighted by Crippen LogP contribution is -2.15. The number of hydrogen-bond donors (Lipinski definition) is 0. The topological polar surface area (TPSA) is 54.0 Å². The van der Waals surface area contributed by atoms with Gasteiger partial charge in [-0.1, -0.05) is 6.07 Å². The lowest BCUT2D eigenvalue weighted by Gasteiger charge is -2.17. The smallest absolute Gasteiger partial charge is 0.416 e. The molecule has 0 radical (unpaired) electrons. The van der Waals surface area contributed by atoms with Crippen LogP contribution in [-0.2, 0) is 20.4 Å². The number of halogens is 3. The highest BCUT2D eigenvalue weighted by Crippen LogP contribution is 2.41. The Balaban J connectivity index is 1.68. The van der Waals surface area contributed by atoms with Crippen LogP contribution in [0.3, 0.4) is 0 Å². The number of fused-ring (bicyclic) bond motifs is 1. The zero-order valence-corrected chi connectivity index (χ0v) is 21.7. The zero-order chi connectivity index (χ0) is 26.3. The van der Waals surface area contributed by atoms with E-state index in [1.165, 1.54) is 17.4 Å². The number of rotatable bonds is 12. The van der Waals surface area contributed by atoms with Crippen molar-refractivity contribution in [3.05, 3.63) is 58.0 Å². The molecule has 0 saturated carbocycles. The fourth-order valence-corrected chi connectivity index (χ4v) is 5.43. The SMILES string of the molecule is CCOC(=O)COc1ccc(OCCC(CCOC)c2sc3cc(C(F)(F)F)ccc3c2C)cc1C. The van der Waals surface area contributed by atoms with Crippen LogP contribution in [0.4, 0.5) is 13.2 Å². The van der Waals surface area contributed by atoms with Gasteiger partial charge in [-0.05, 0) is 86.4 Å². The maximum Gasteiger partial charge on any atom is 0.416 e. The highest BCUT2D eigenvalue weighted by atomic mass is 32.1. The number of carbonyl (C=O) groups is 1. The van der Waals surface area contributed by atoms with Crippen LogP contribution >= 0.6 is 11.3 Å². The van der Waals surface area contributed by atoms with E-state index in [9.17, 15) is 18.0 Å². The first-order chi connectivity index (χ1) is 17.1. The molecule has 1 atom stereocenters. The number of aryl methyl sites for hydroxylation is 2. The van der Waals surface area contributed by atoms with Crippen LogP contribution in [0.1, 0.15) is 47.3 Å². The Kier molecular flexibility index (Phi) is 9.62. The molecule has 1 aromatic heterocycles. The number of alkyl halides is 3.